The van der Waals surface area contributed by atoms with E-state index >= 15 is 0 Å². The van der Waals surface area contributed by atoms with Crippen molar-refractivity contribution in [1.29, 1.82) is 0 Å². The average molecular weight is 468 g/mol. The number of aliphatic hydroxyl groups is 1. The maximum Gasteiger partial charge on any atom is 0.224 e. The summed E-state index contributed by atoms with van der Waals surface area (Å²) in [6.45, 7) is 3.04. The molecule has 1 amide bonds. The van der Waals surface area contributed by atoms with Gasteiger partial charge in [-0.25, -0.2) is 8.78 Å². The summed E-state index contributed by atoms with van der Waals surface area (Å²) in [6.07, 6.45) is 0.0304. The van der Waals surface area contributed by atoms with E-state index in [1.165, 1.54) is 6.07 Å². The molecule has 0 aromatic heterocycles. The number of benzene rings is 1. The van der Waals surface area contributed by atoms with E-state index in [0.717, 1.165) is 12.1 Å². The summed E-state index contributed by atoms with van der Waals surface area (Å²) < 4.78 is 32.7. The van der Waals surface area contributed by atoms with Crippen LogP contribution >= 0.6 is 24.0 Å². The van der Waals surface area contributed by atoms with Crippen molar-refractivity contribution in [2.75, 3.05) is 39.4 Å². The van der Waals surface area contributed by atoms with Crippen LogP contribution in [0.2, 0.25) is 0 Å². The highest BCUT2D eigenvalue weighted by Gasteiger charge is 2.34. The topological polar surface area (TPSA) is 53.0 Å². The van der Waals surface area contributed by atoms with Gasteiger partial charge in [0.15, 0.2) is 0 Å². The van der Waals surface area contributed by atoms with E-state index in [4.69, 9.17) is 4.74 Å². The summed E-state index contributed by atoms with van der Waals surface area (Å²) in [5, 5.41) is 9.94. The number of hydrogen-bond acceptors (Lipinski definition) is 4. The number of morpholine rings is 1. The Hall–Kier alpha value is -0.840. The van der Waals surface area contributed by atoms with E-state index < -0.39 is 23.8 Å². The number of nitrogens with zero attached hydrogens (tertiary/aromatic N) is 2. The molecule has 0 aliphatic carbocycles. The molecule has 8 heteroatoms. The lowest BCUT2D eigenvalue weighted by atomic mass is 10.0. The molecule has 0 bridgehead atoms. The molecule has 3 rings (SSSR count). The number of halogens is 3. The number of ether oxygens (including phenoxy) is 1. The minimum atomic E-state index is -0.601. The molecule has 2 aliphatic rings. The van der Waals surface area contributed by atoms with Crippen molar-refractivity contribution in [2.24, 2.45) is 0 Å². The Morgan fingerprint density at radius 3 is 2.72 bits per heavy atom. The Morgan fingerprint density at radius 2 is 2.00 bits per heavy atom. The summed E-state index contributed by atoms with van der Waals surface area (Å²) in [5.41, 5.74) is 0.241. The molecule has 1 N–H and O–H groups in total. The Kier molecular flexibility index (Phi) is 7.53. The summed E-state index contributed by atoms with van der Waals surface area (Å²) in [7, 11) is 0. The summed E-state index contributed by atoms with van der Waals surface area (Å²) >= 11 is 0. The Morgan fingerprint density at radius 1 is 1.28 bits per heavy atom. The van der Waals surface area contributed by atoms with Crippen molar-refractivity contribution < 1.29 is 23.4 Å². The highest BCUT2D eigenvalue weighted by molar-refractivity contribution is 14.0. The van der Waals surface area contributed by atoms with Crippen LogP contribution in [0.25, 0.3) is 0 Å². The van der Waals surface area contributed by atoms with Crippen LogP contribution in [-0.2, 0) is 9.53 Å². The fraction of sp³-hybridized carbons (Fsp3) is 0.588. The van der Waals surface area contributed by atoms with Gasteiger partial charge in [-0.05, 0) is 24.6 Å². The molecule has 2 unspecified atom stereocenters. The number of amides is 1. The van der Waals surface area contributed by atoms with Crippen LogP contribution in [0.15, 0.2) is 18.2 Å². The third-order valence-corrected chi connectivity index (χ3v) is 4.68. The molecule has 0 spiro atoms. The van der Waals surface area contributed by atoms with E-state index in [9.17, 15) is 18.7 Å². The lowest BCUT2D eigenvalue weighted by Gasteiger charge is -2.29. The van der Waals surface area contributed by atoms with Gasteiger partial charge in [-0.2, -0.15) is 0 Å². The van der Waals surface area contributed by atoms with Crippen molar-refractivity contribution in [3.63, 3.8) is 0 Å². The molecule has 2 aliphatic heterocycles. The molecule has 5 nitrogen and oxygen atoms in total. The second-order valence-corrected chi connectivity index (χ2v) is 6.31. The SMILES string of the molecule is I.O=C(CCN1CC(O)CC1c1cc(F)ccc1F)N1CCOCC1. The molecule has 2 heterocycles. The maximum atomic E-state index is 14.0. The van der Waals surface area contributed by atoms with Gasteiger partial charge >= 0.3 is 0 Å². The van der Waals surface area contributed by atoms with Gasteiger partial charge < -0.3 is 14.7 Å². The van der Waals surface area contributed by atoms with E-state index in [0.29, 0.717) is 52.2 Å². The van der Waals surface area contributed by atoms with E-state index in [-0.39, 0.29) is 35.4 Å². The van der Waals surface area contributed by atoms with Gasteiger partial charge in [-0.3, -0.25) is 9.69 Å². The molecule has 140 valence electrons. The zero-order chi connectivity index (χ0) is 17.1. The third-order valence-electron chi connectivity index (χ3n) is 4.68. The minimum absolute atomic E-state index is 0. The monoisotopic (exact) mass is 468 g/mol. The summed E-state index contributed by atoms with van der Waals surface area (Å²) in [5.74, 6) is -0.963. The van der Waals surface area contributed by atoms with Gasteiger partial charge in [-0.1, -0.05) is 0 Å². The molecule has 1 aromatic carbocycles. The van der Waals surface area contributed by atoms with Gasteiger partial charge in [0.05, 0.1) is 19.3 Å². The van der Waals surface area contributed by atoms with Gasteiger partial charge in [0, 0.05) is 44.2 Å². The van der Waals surface area contributed by atoms with Crippen LogP contribution in [0.1, 0.15) is 24.4 Å². The van der Waals surface area contributed by atoms with E-state index in [2.05, 4.69) is 0 Å². The maximum absolute atomic E-state index is 14.0. The van der Waals surface area contributed by atoms with Crippen LogP contribution in [0, 0.1) is 11.6 Å². The van der Waals surface area contributed by atoms with Crippen molar-refractivity contribution in [1.82, 2.24) is 9.80 Å². The number of β-amino-alcohol motifs (C(OH)–C–C–N with tert-alkyl or cyclic N) is 1. The minimum Gasteiger partial charge on any atom is -0.392 e. The highest BCUT2D eigenvalue weighted by Crippen LogP contribution is 2.34. The fourth-order valence-electron chi connectivity index (χ4n) is 3.43. The zero-order valence-corrected chi connectivity index (χ0v) is 16.2. The molecular weight excluding hydrogens is 445 g/mol. The van der Waals surface area contributed by atoms with Gasteiger partial charge in [-0.15, -0.1) is 24.0 Å². The van der Waals surface area contributed by atoms with Crippen LogP contribution < -0.4 is 0 Å². The second-order valence-electron chi connectivity index (χ2n) is 6.31. The second kappa shape index (κ2) is 9.20. The number of rotatable bonds is 4. The van der Waals surface area contributed by atoms with Gasteiger partial charge in [0.2, 0.25) is 5.91 Å². The van der Waals surface area contributed by atoms with Crippen LogP contribution in [0.5, 0.6) is 0 Å². The molecule has 2 saturated heterocycles. The highest BCUT2D eigenvalue weighted by atomic mass is 127. The number of carbonyl (C=O) groups is 1. The van der Waals surface area contributed by atoms with Crippen LogP contribution in [0.4, 0.5) is 8.78 Å². The lowest BCUT2D eigenvalue weighted by Crippen LogP contribution is -2.42. The lowest BCUT2D eigenvalue weighted by molar-refractivity contribution is -0.135. The number of hydrogen-bond donors (Lipinski definition) is 1. The first-order valence-corrected chi connectivity index (χ1v) is 8.27. The number of aliphatic hydroxyl groups excluding tert-OH is 1. The third kappa shape index (κ3) is 5.08. The summed E-state index contributed by atoms with van der Waals surface area (Å²) in [4.78, 5) is 15.9. The van der Waals surface area contributed by atoms with Gasteiger partial charge in [0.25, 0.3) is 0 Å². The summed E-state index contributed by atoms with van der Waals surface area (Å²) in [6, 6.07) is 2.95. The van der Waals surface area contributed by atoms with E-state index in [1.54, 1.807) is 4.90 Å². The molecule has 1 aromatic rings. The quantitative estimate of drug-likeness (QED) is 0.687. The first kappa shape index (κ1) is 20.5. The smallest absolute Gasteiger partial charge is 0.224 e. The predicted octanol–water partition coefficient (Wildman–Crippen LogP) is 1.94. The fourth-order valence-corrected chi connectivity index (χ4v) is 3.43. The Balaban J connectivity index is 0.00000225. The largest absolute Gasteiger partial charge is 0.392 e. The normalized spacial score (nSPS) is 24.2. The van der Waals surface area contributed by atoms with Crippen molar-refractivity contribution in [3.05, 3.63) is 35.4 Å². The van der Waals surface area contributed by atoms with Crippen LogP contribution in [-0.4, -0.2) is 66.3 Å². The number of likely N-dealkylation sites (tertiary alicyclic amines) is 1. The molecule has 0 saturated carbocycles. The van der Waals surface area contributed by atoms with Crippen molar-refractivity contribution in [3.8, 4) is 0 Å². The van der Waals surface area contributed by atoms with Crippen LogP contribution in [0.3, 0.4) is 0 Å². The average Bonchev–Trinajstić information content (AvgIpc) is 2.96. The molecule has 2 fully saturated rings. The first-order valence-electron chi connectivity index (χ1n) is 8.27. The Bertz CT molecular complexity index is 599. The Labute approximate surface area is 162 Å². The van der Waals surface area contributed by atoms with E-state index in [1.807, 2.05) is 4.90 Å². The molecule has 2 atom stereocenters. The van der Waals surface area contributed by atoms with Crippen molar-refractivity contribution >= 4 is 29.9 Å². The van der Waals surface area contributed by atoms with Gasteiger partial charge in [0.1, 0.15) is 11.6 Å². The predicted molar refractivity (Wildman–Crippen MR) is 98.7 cm³/mol. The molecular formula is C17H23F2IN2O3. The first-order chi connectivity index (χ1) is 11.5. The molecule has 0 radical (unpaired) electrons. The van der Waals surface area contributed by atoms with Crippen molar-refractivity contribution in [2.45, 2.75) is 25.0 Å². The standard InChI is InChI=1S/C17H22F2N2O3.HI/c18-12-1-2-15(19)14(9-12)16-10-13(22)11-21(16)4-3-17(23)20-5-7-24-8-6-20;/h1-2,9,13,16,22H,3-8,10-11H2;1H. The number of carbonyl (C=O) groups excluding carboxylic acids is 1. The zero-order valence-electron chi connectivity index (χ0n) is 13.9. The molecule has 25 heavy (non-hydrogen) atoms.